The van der Waals surface area contributed by atoms with E-state index >= 15 is 0 Å². The minimum absolute atomic E-state index is 0.171. The second kappa shape index (κ2) is 5.18. The van der Waals surface area contributed by atoms with Gasteiger partial charge in [-0.1, -0.05) is 12.8 Å². The monoisotopic (exact) mass is 237 g/mol. The molecule has 6 heteroatoms. The Hall–Kier alpha value is -1.56. The van der Waals surface area contributed by atoms with E-state index in [1.54, 1.807) is 17.9 Å². The van der Waals surface area contributed by atoms with E-state index in [2.05, 4.69) is 15.7 Å². The van der Waals surface area contributed by atoms with Crippen LogP contribution in [0.15, 0.2) is 6.20 Å². The van der Waals surface area contributed by atoms with Crippen LogP contribution < -0.4 is 16.4 Å². The van der Waals surface area contributed by atoms with Crippen molar-refractivity contribution in [2.75, 3.05) is 5.32 Å². The SMILES string of the molecule is Cn1ncc(CN)c1NC(=O)NC1CCCC1. The van der Waals surface area contributed by atoms with Crippen LogP contribution in [-0.2, 0) is 13.6 Å². The molecule has 1 fully saturated rings. The third-order valence-corrected chi connectivity index (χ3v) is 3.16. The van der Waals surface area contributed by atoms with Crippen LogP contribution in [-0.4, -0.2) is 21.9 Å². The Kier molecular flexibility index (Phi) is 3.63. The van der Waals surface area contributed by atoms with Crippen molar-refractivity contribution in [2.24, 2.45) is 12.8 Å². The predicted octanol–water partition coefficient (Wildman–Crippen LogP) is 0.943. The Balaban J connectivity index is 1.94. The van der Waals surface area contributed by atoms with Gasteiger partial charge in [-0.15, -0.1) is 0 Å². The molecule has 1 aliphatic rings. The molecule has 1 heterocycles. The number of hydrogen-bond donors (Lipinski definition) is 3. The summed E-state index contributed by atoms with van der Waals surface area (Å²) in [5.74, 6) is 0.669. The van der Waals surface area contributed by atoms with Gasteiger partial charge in [0.05, 0.1) is 6.20 Å². The summed E-state index contributed by atoms with van der Waals surface area (Å²) in [5, 5.41) is 9.84. The maximum absolute atomic E-state index is 11.8. The summed E-state index contributed by atoms with van der Waals surface area (Å²) in [6.07, 6.45) is 6.21. The first-order valence-corrected chi connectivity index (χ1v) is 5.99. The molecule has 0 saturated heterocycles. The number of nitrogens with one attached hydrogen (secondary N) is 2. The fourth-order valence-electron chi connectivity index (χ4n) is 2.19. The highest BCUT2D eigenvalue weighted by atomic mass is 16.2. The molecule has 4 N–H and O–H groups in total. The zero-order valence-electron chi connectivity index (χ0n) is 10.1. The number of amides is 2. The van der Waals surface area contributed by atoms with Crippen molar-refractivity contribution in [3.63, 3.8) is 0 Å². The molecule has 0 radical (unpaired) electrons. The number of nitrogens with two attached hydrogens (primary N) is 1. The van der Waals surface area contributed by atoms with Gasteiger partial charge in [0.1, 0.15) is 5.82 Å². The van der Waals surface area contributed by atoms with Crippen molar-refractivity contribution in [1.29, 1.82) is 0 Å². The fourth-order valence-corrected chi connectivity index (χ4v) is 2.19. The molecular formula is C11H19N5O. The van der Waals surface area contributed by atoms with E-state index in [1.807, 2.05) is 0 Å². The van der Waals surface area contributed by atoms with Gasteiger partial charge in [-0.25, -0.2) is 4.79 Å². The smallest absolute Gasteiger partial charge is 0.320 e. The van der Waals surface area contributed by atoms with E-state index in [1.165, 1.54) is 12.8 Å². The predicted molar refractivity (Wildman–Crippen MR) is 65.5 cm³/mol. The second-order valence-electron chi connectivity index (χ2n) is 4.43. The maximum atomic E-state index is 11.8. The molecule has 6 nitrogen and oxygen atoms in total. The first kappa shape index (κ1) is 11.9. The molecule has 0 unspecified atom stereocenters. The third-order valence-electron chi connectivity index (χ3n) is 3.16. The molecule has 17 heavy (non-hydrogen) atoms. The highest BCUT2D eigenvalue weighted by Gasteiger charge is 2.18. The highest BCUT2D eigenvalue weighted by molar-refractivity contribution is 5.89. The van der Waals surface area contributed by atoms with Crippen LogP contribution in [0.4, 0.5) is 10.6 Å². The average Bonchev–Trinajstić information content (AvgIpc) is 2.90. The Morgan fingerprint density at radius 2 is 2.29 bits per heavy atom. The average molecular weight is 237 g/mol. The molecule has 0 bridgehead atoms. The Morgan fingerprint density at radius 1 is 1.59 bits per heavy atom. The van der Waals surface area contributed by atoms with Crippen molar-refractivity contribution >= 4 is 11.8 Å². The molecule has 2 amide bonds. The van der Waals surface area contributed by atoms with Gasteiger partial charge < -0.3 is 11.1 Å². The zero-order valence-corrected chi connectivity index (χ0v) is 10.1. The van der Waals surface area contributed by atoms with Crippen LogP contribution in [0, 0.1) is 0 Å². The van der Waals surface area contributed by atoms with E-state index in [0.29, 0.717) is 18.4 Å². The summed E-state index contributed by atoms with van der Waals surface area (Å²) < 4.78 is 1.62. The lowest BCUT2D eigenvalue weighted by Gasteiger charge is -2.13. The third kappa shape index (κ3) is 2.76. The van der Waals surface area contributed by atoms with E-state index in [-0.39, 0.29) is 6.03 Å². The van der Waals surface area contributed by atoms with Crippen molar-refractivity contribution in [2.45, 2.75) is 38.3 Å². The van der Waals surface area contributed by atoms with Gasteiger partial charge in [0.15, 0.2) is 0 Å². The second-order valence-corrected chi connectivity index (χ2v) is 4.43. The summed E-state index contributed by atoms with van der Waals surface area (Å²) in [6.45, 7) is 0.368. The first-order chi connectivity index (χ1) is 8.20. The molecule has 0 aliphatic heterocycles. The number of rotatable bonds is 3. The lowest BCUT2D eigenvalue weighted by molar-refractivity contribution is 0.248. The summed E-state index contributed by atoms with van der Waals surface area (Å²) >= 11 is 0. The van der Waals surface area contributed by atoms with Crippen molar-refractivity contribution in [1.82, 2.24) is 15.1 Å². The van der Waals surface area contributed by atoms with Gasteiger partial charge >= 0.3 is 6.03 Å². The van der Waals surface area contributed by atoms with E-state index < -0.39 is 0 Å². The van der Waals surface area contributed by atoms with Crippen molar-refractivity contribution < 1.29 is 4.79 Å². The van der Waals surface area contributed by atoms with Crippen LogP contribution in [0.1, 0.15) is 31.2 Å². The summed E-state index contributed by atoms with van der Waals surface area (Å²) in [4.78, 5) is 11.8. The van der Waals surface area contributed by atoms with Gasteiger partial charge in [0.25, 0.3) is 0 Å². The molecule has 0 spiro atoms. The Labute approximate surface area is 101 Å². The number of carbonyl (C=O) groups excluding carboxylic acids is 1. The zero-order chi connectivity index (χ0) is 12.3. The van der Waals surface area contributed by atoms with Crippen LogP contribution >= 0.6 is 0 Å². The normalized spacial score (nSPS) is 16.1. The number of hydrogen-bond acceptors (Lipinski definition) is 3. The topological polar surface area (TPSA) is 85.0 Å². The van der Waals surface area contributed by atoms with E-state index in [9.17, 15) is 4.79 Å². The standard InChI is InChI=1S/C11H19N5O/c1-16-10(8(6-12)7-13-16)15-11(17)14-9-4-2-3-5-9/h7,9H,2-6,12H2,1H3,(H2,14,15,17). The van der Waals surface area contributed by atoms with Crippen LogP contribution in [0.25, 0.3) is 0 Å². The largest absolute Gasteiger partial charge is 0.335 e. The van der Waals surface area contributed by atoms with E-state index in [0.717, 1.165) is 18.4 Å². The molecular weight excluding hydrogens is 218 g/mol. The van der Waals surface area contributed by atoms with E-state index in [4.69, 9.17) is 5.73 Å². The summed E-state index contributed by atoms with van der Waals surface area (Å²) in [7, 11) is 1.78. The number of carbonyl (C=O) groups is 1. The fraction of sp³-hybridized carbons (Fsp3) is 0.636. The summed E-state index contributed by atoms with van der Waals surface area (Å²) in [5.41, 5.74) is 6.42. The van der Waals surface area contributed by atoms with Crippen LogP contribution in [0.3, 0.4) is 0 Å². The number of urea groups is 1. The molecule has 94 valence electrons. The number of nitrogens with zero attached hydrogens (tertiary/aromatic N) is 2. The summed E-state index contributed by atoms with van der Waals surface area (Å²) in [6, 6.07) is 0.139. The quantitative estimate of drug-likeness (QED) is 0.731. The Morgan fingerprint density at radius 3 is 2.94 bits per heavy atom. The van der Waals surface area contributed by atoms with Crippen LogP contribution in [0.2, 0.25) is 0 Å². The number of aromatic nitrogens is 2. The molecule has 1 saturated carbocycles. The van der Waals surface area contributed by atoms with Crippen molar-refractivity contribution in [3.05, 3.63) is 11.8 Å². The molecule has 0 atom stereocenters. The Bertz CT molecular complexity index is 395. The highest BCUT2D eigenvalue weighted by Crippen LogP contribution is 2.18. The maximum Gasteiger partial charge on any atom is 0.320 e. The van der Waals surface area contributed by atoms with Gasteiger partial charge in [-0.3, -0.25) is 10.00 Å². The number of anilines is 1. The first-order valence-electron chi connectivity index (χ1n) is 5.99. The lowest BCUT2D eigenvalue weighted by Crippen LogP contribution is -2.36. The molecule has 1 aromatic heterocycles. The van der Waals surface area contributed by atoms with Gasteiger partial charge in [-0.05, 0) is 12.8 Å². The van der Waals surface area contributed by atoms with Crippen LogP contribution in [0.5, 0.6) is 0 Å². The van der Waals surface area contributed by atoms with Gasteiger partial charge in [0.2, 0.25) is 0 Å². The number of aryl methyl sites for hydroxylation is 1. The molecule has 1 aliphatic carbocycles. The lowest BCUT2D eigenvalue weighted by atomic mass is 10.2. The van der Waals surface area contributed by atoms with Gasteiger partial charge in [0, 0.05) is 25.2 Å². The molecule has 1 aromatic rings. The molecule has 0 aromatic carbocycles. The minimum atomic E-state index is -0.171. The van der Waals surface area contributed by atoms with Crippen molar-refractivity contribution in [3.8, 4) is 0 Å². The minimum Gasteiger partial charge on any atom is -0.335 e. The van der Waals surface area contributed by atoms with Gasteiger partial charge in [-0.2, -0.15) is 5.10 Å². The molecule has 2 rings (SSSR count).